The molecule has 1 aliphatic heterocycles. The molecule has 0 radical (unpaired) electrons. The van der Waals surface area contributed by atoms with E-state index in [9.17, 15) is 0 Å². The fraction of sp³-hybridized carbons (Fsp3) is 0.600. The summed E-state index contributed by atoms with van der Waals surface area (Å²) in [6, 6.07) is 0. The van der Waals surface area contributed by atoms with Crippen LogP contribution < -0.4 is 5.73 Å². The normalized spacial score (nSPS) is 29.3. The molecule has 0 saturated carbocycles. The zero-order valence-electron chi connectivity index (χ0n) is 4.35. The van der Waals surface area contributed by atoms with Gasteiger partial charge < -0.3 is 10.5 Å². The highest BCUT2D eigenvalue weighted by atomic mass is 16.5. The molecule has 2 heteroatoms. The third-order valence-corrected chi connectivity index (χ3v) is 1.13. The monoisotopic (exact) mass is 99.1 g/mol. The lowest BCUT2D eigenvalue weighted by atomic mass is 10.2. The summed E-state index contributed by atoms with van der Waals surface area (Å²) < 4.78 is 4.88. The molecule has 0 aromatic carbocycles. The summed E-state index contributed by atoms with van der Waals surface area (Å²) in [4.78, 5) is 0. The summed E-state index contributed by atoms with van der Waals surface area (Å²) in [6.07, 6.45) is 1.62. The van der Waals surface area contributed by atoms with Gasteiger partial charge in [0.1, 0.15) is 6.26 Å². The van der Waals surface area contributed by atoms with E-state index in [2.05, 4.69) is 0 Å². The first-order valence-corrected chi connectivity index (χ1v) is 2.38. The molecule has 2 nitrogen and oxygen atoms in total. The number of hydrogen-bond acceptors (Lipinski definition) is 2. The quantitative estimate of drug-likeness (QED) is 0.478. The first-order valence-electron chi connectivity index (χ1n) is 2.38. The summed E-state index contributed by atoms with van der Waals surface area (Å²) in [5.41, 5.74) is 6.28. The molecule has 2 N–H and O–H groups in total. The molecule has 0 aliphatic carbocycles. The van der Waals surface area contributed by atoms with E-state index in [1.807, 2.05) is 6.92 Å². The lowest BCUT2D eigenvalue weighted by Crippen LogP contribution is -2.05. The van der Waals surface area contributed by atoms with E-state index in [0.717, 1.165) is 12.3 Å². The van der Waals surface area contributed by atoms with E-state index in [1.165, 1.54) is 0 Å². The Kier molecular flexibility index (Phi) is 0.929. The van der Waals surface area contributed by atoms with Crippen molar-refractivity contribution in [2.75, 3.05) is 6.61 Å². The number of rotatable bonds is 0. The average molecular weight is 99.1 g/mol. The maximum atomic E-state index is 5.41. The van der Waals surface area contributed by atoms with Gasteiger partial charge in [0.15, 0.2) is 0 Å². The number of nitrogens with two attached hydrogens (primary N) is 1. The number of ether oxygens (including phenoxy) is 1. The van der Waals surface area contributed by atoms with Gasteiger partial charge in [0.05, 0.1) is 6.61 Å². The molecule has 1 atom stereocenters. The Morgan fingerprint density at radius 1 is 2.00 bits per heavy atom. The van der Waals surface area contributed by atoms with E-state index in [0.29, 0.717) is 5.92 Å². The van der Waals surface area contributed by atoms with Gasteiger partial charge in [0.25, 0.3) is 0 Å². The van der Waals surface area contributed by atoms with E-state index >= 15 is 0 Å². The van der Waals surface area contributed by atoms with Crippen LogP contribution in [-0.2, 0) is 4.74 Å². The minimum Gasteiger partial charge on any atom is -0.499 e. The van der Waals surface area contributed by atoms with E-state index in [1.54, 1.807) is 6.26 Å². The minimum atomic E-state index is 0.431. The van der Waals surface area contributed by atoms with Crippen LogP contribution in [-0.4, -0.2) is 6.61 Å². The smallest absolute Gasteiger partial charge is 0.102 e. The second kappa shape index (κ2) is 1.45. The third-order valence-electron chi connectivity index (χ3n) is 1.13. The Labute approximate surface area is 43.0 Å². The Bertz CT molecular complexity index is 98.3. The summed E-state index contributed by atoms with van der Waals surface area (Å²) in [5.74, 6) is 0.431. The zero-order valence-corrected chi connectivity index (χ0v) is 4.35. The van der Waals surface area contributed by atoms with Crippen molar-refractivity contribution >= 4 is 0 Å². The maximum Gasteiger partial charge on any atom is 0.102 e. The Morgan fingerprint density at radius 2 is 2.71 bits per heavy atom. The van der Waals surface area contributed by atoms with Crippen molar-refractivity contribution in [3.8, 4) is 0 Å². The SMILES string of the molecule is CC1COC=C1N. The van der Waals surface area contributed by atoms with Crippen LogP contribution in [0.4, 0.5) is 0 Å². The van der Waals surface area contributed by atoms with Crippen LogP contribution in [0, 0.1) is 5.92 Å². The Morgan fingerprint density at radius 3 is 2.86 bits per heavy atom. The molecule has 1 unspecified atom stereocenters. The molecule has 1 heterocycles. The van der Waals surface area contributed by atoms with Gasteiger partial charge in [0.2, 0.25) is 0 Å². The Hall–Kier alpha value is -0.660. The molecule has 7 heavy (non-hydrogen) atoms. The summed E-state index contributed by atoms with van der Waals surface area (Å²) in [5, 5.41) is 0. The molecule has 0 saturated heterocycles. The van der Waals surface area contributed by atoms with Crippen LogP contribution in [0.15, 0.2) is 12.0 Å². The fourth-order valence-corrected chi connectivity index (χ4v) is 0.501. The summed E-state index contributed by atoms with van der Waals surface area (Å²) in [6.45, 7) is 2.80. The second-order valence-electron chi connectivity index (χ2n) is 1.85. The molecule has 1 rings (SSSR count). The van der Waals surface area contributed by atoms with E-state index in [-0.39, 0.29) is 0 Å². The van der Waals surface area contributed by atoms with Crippen LogP contribution in [0.5, 0.6) is 0 Å². The first-order chi connectivity index (χ1) is 3.30. The predicted octanol–water partition coefficient (Wildman–Crippen LogP) is 0.453. The highest BCUT2D eigenvalue weighted by Crippen LogP contribution is 2.11. The average Bonchev–Trinajstić information content (AvgIpc) is 1.91. The molecular formula is C5H9NO. The van der Waals surface area contributed by atoms with Gasteiger partial charge in [-0.2, -0.15) is 0 Å². The van der Waals surface area contributed by atoms with Crippen molar-refractivity contribution in [1.29, 1.82) is 0 Å². The third kappa shape index (κ3) is 0.683. The lowest BCUT2D eigenvalue weighted by Gasteiger charge is -1.96. The molecule has 0 aromatic heterocycles. The summed E-state index contributed by atoms with van der Waals surface area (Å²) >= 11 is 0. The minimum absolute atomic E-state index is 0.431. The molecular weight excluding hydrogens is 90.1 g/mol. The largest absolute Gasteiger partial charge is 0.499 e. The summed E-state index contributed by atoms with van der Waals surface area (Å²) in [7, 11) is 0. The first kappa shape index (κ1) is 4.50. The van der Waals surface area contributed by atoms with Crippen molar-refractivity contribution in [3.05, 3.63) is 12.0 Å². The van der Waals surface area contributed by atoms with Gasteiger partial charge >= 0.3 is 0 Å². The lowest BCUT2D eigenvalue weighted by molar-refractivity contribution is 0.255. The highest BCUT2D eigenvalue weighted by Gasteiger charge is 2.10. The Balaban J connectivity index is 2.54. The molecule has 0 spiro atoms. The highest BCUT2D eigenvalue weighted by molar-refractivity contribution is 5.00. The molecule has 1 aliphatic rings. The topological polar surface area (TPSA) is 35.2 Å². The van der Waals surface area contributed by atoms with Gasteiger partial charge in [-0.3, -0.25) is 0 Å². The van der Waals surface area contributed by atoms with Crippen molar-refractivity contribution in [3.63, 3.8) is 0 Å². The van der Waals surface area contributed by atoms with Gasteiger partial charge in [-0.25, -0.2) is 0 Å². The van der Waals surface area contributed by atoms with Crippen molar-refractivity contribution < 1.29 is 4.74 Å². The van der Waals surface area contributed by atoms with Gasteiger partial charge in [0, 0.05) is 11.6 Å². The van der Waals surface area contributed by atoms with Crippen LogP contribution in [0.25, 0.3) is 0 Å². The van der Waals surface area contributed by atoms with Gasteiger partial charge in [-0.1, -0.05) is 6.92 Å². The molecule has 0 amide bonds. The van der Waals surface area contributed by atoms with Crippen LogP contribution >= 0.6 is 0 Å². The van der Waals surface area contributed by atoms with Gasteiger partial charge in [-0.05, 0) is 0 Å². The molecule has 0 fully saturated rings. The fourth-order valence-electron chi connectivity index (χ4n) is 0.501. The molecule has 0 bridgehead atoms. The van der Waals surface area contributed by atoms with Crippen molar-refractivity contribution in [1.82, 2.24) is 0 Å². The van der Waals surface area contributed by atoms with E-state index in [4.69, 9.17) is 10.5 Å². The van der Waals surface area contributed by atoms with Crippen molar-refractivity contribution in [2.45, 2.75) is 6.92 Å². The standard InChI is InChI=1S/C5H9NO/c1-4-2-7-3-5(4)6/h3-4H,2,6H2,1H3. The van der Waals surface area contributed by atoms with E-state index < -0.39 is 0 Å². The van der Waals surface area contributed by atoms with Crippen LogP contribution in [0.1, 0.15) is 6.92 Å². The van der Waals surface area contributed by atoms with Crippen LogP contribution in [0.3, 0.4) is 0 Å². The predicted molar refractivity (Wildman–Crippen MR) is 27.4 cm³/mol. The van der Waals surface area contributed by atoms with Crippen LogP contribution in [0.2, 0.25) is 0 Å². The zero-order chi connectivity index (χ0) is 5.28. The van der Waals surface area contributed by atoms with Crippen molar-refractivity contribution in [2.24, 2.45) is 11.7 Å². The van der Waals surface area contributed by atoms with Gasteiger partial charge in [-0.15, -0.1) is 0 Å². The maximum absolute atomic E-state index is 5.41. The molecule has 40 valence electrons. The molecule has 0 aromatic rings. The second-order valence-corrected chi connectivity index (χ2v) is 1.85. The number of hydrogen-bond donors (Lipinski definition) is 1.